The molecule has 2 heterocycles. The Kier molecular flexibility index (Phi) is 4.94. The predicted molar refractivity (Wildman–Crippen MR) is 107 cm³/mol. The summed E-state index contributed by atoms with van der Waals surface area (Å²) in [4.78, 5) is 7.52. The molecule has 0 unspecified atom stereocenters. The maximum absolute atomic E-state index is 12.8. The highest BCUT2D eigenvalue weighted by atomic mass is 35.5. The van der Waals surface area contributed by atoms with Crippen LogP contribution in [0.15, 0.2) is 29.2 Å². The summed E-state index contributed by atoms with van der Waals surface area (Å²) in [6.07, 6.45) is 0. The van der Waals surface area contributed by atoms with Crippen LogP contribution in [0.3, 0.4) is 0 Å². The first-order chi connectivity index (χ1) is 11.7. The van der Waals surface area contributed by atoms with E-state index in [1.807, 2.05) is 20.8 Å². The first-order valence-electron chi connectivity index (χ1n) is 7.51. The number of hydrogen-bond acceptors (Lipinski definition) is 5. The molecule has 1 N–H and O–H groups in total. The number of thiazole rings is 1. The number of sulfonamides is 1. The lowest BCUT2D eigenvalue weighted by atomic mass is 10.2. The molecular formula is C17H17ClN2O2S3. The number of halogens is 1. The summed E-state index contributed by atoms with van der Waals surface area (Å²) in [6.45, 7) is 7.64. The molecule has 4 nitrogen and oxygen atoms in total. The molecule has 0 fully saturated rings. The van der Waals surface area contributed by atoms with Gasteiger partial charge < -0.3 is 0 Å². The van der Waals surface area contributed by atoms with Gasteiger partial charge in [0.1, 0.15) is 9.90 Å². The number of rotatable bonds is 4. The highest BCUT2D eigenvalue weighted by molar-refractivity contribution is 7.93. The largest absolute Gasteiger partial charge is 0.280 e. The van der Waals surface area contributed by atoms with Crippen molar-refractivity contribution in [3.8, 4) is 9.88 Å². The number of aryl methyl sites for hydroxylation is 4. The van der Waals surface area contributed by atoms with Gasteiger partial charge in [-0.25, -0.2) is 13.4 Å². The van der Waals surface area contributed by atoms with Crippen molar-refractivity contribution in [2.75, 3.05) is 4.72 Å². The zero-order valence-electron chi connectivity index (χ0n) is 14.2. The van der Waals surface area contributed by atoms with Crippen LogP contribution in [-0.2, 0) is 10.0 Å². The molecule has 1 aromatic carbocycles. The topological polar surface area (TPSA) is 59.1 Å². The fourth-order valence-corrected chi connectivity index (χ4v) is 6.06. The van der Waals surface area contributed by atoms with E-state index in [1.54, 1.807) is 42.5 Å². The van der Waals surface area contributed by atoms with Gasteiger partial charge in [-0.3, -0.25) is 4.72 Å². The normalized spacial score (nSPS) is 11.7. The lowest BCUT2D eigenvalue weighted by molar-refractivity contribution is 0.601. The quantitative estimate of drug-likeness (QED) is 0.610. The van der Waals surface area contributed by atoms with Crippen molar-refractivity contribution in [1.82, 2.24) is 4.98 Å². The lowest BCUT2D eigenvalue weighted by Gasteiger charge is -2.08. The highest BCUT2D eigenvalue weighted by Crippen LogP contribution is 2.37. The Morgan fingerprint density at radius 1 is 1.04 bits per heavy atom. The Balaban J connectivity index is 1.96. The molecule has 0 spiro atoms. The highest BCUT2D eigenvalue weighted by Gasteiger charge is 2.22. The van der Waals surface area contributed by atoms with E-state index in [-0.39, 0.29) is 4.90 Å². The zero-order chi connectivity index (χ0) is 18.4. The first-order valence-corrected chi connectivity index (χ1v) is 11.0. The number of nitrogens with zero attached hydrogens (tertiary/aromatic N) is 1. The molecule has 0 aliphatic carbocycles. The summed E-state index contributed by atoms with van der Waals surface area (Å²) in [5, 5.41) is 1.37. The third kappa shape index (κ3) is 3.74. The molecule has 3 rings (SSSR count). The summed E-state index contributed by atoms with van der Waals surface area (Å²) in [5.74, 6) is 0. The predicted octanol–water partition coefficient (Wildman–Crippen LogP) is 5.56. The minimum absolute atomic E-state index is 0.273. The van der Waals surface area contributed by atoms with Crippen LogP contribution < -0.4 is 4.72 Å². The number of aromatic nitrogens is 1. The average molecular weight is 413 g/mol. The second-order valence-electron chi connectivity index (χ2n) is 5.76. The van der Waals surface area contributed by atoms with Crippen molar-refractivity contribution in [1.29, 1.82) is 0 Å². The van der Waals surface area contributed by atoms with E-state index < -0.39 is 10.0 Å². The van der Waals surface area contributed by atoms with E-state index >= 15 is 0 Å². The van der Waals surface area contributed by atoms with Crippen LogP contribution in [0.25, 0.3) is 9.88 Å². The summed E-state index contributed by atoms with van der Waals surface area (Å²) in [5.41, 5.74) is 2.32. The van der Waals surface area contributed by atoms with Gasteiger partial charge in [-0.1, -0.05) is 17.7 Å². The van der Waals surface area contributed by atoms with Crippen molar-refractivity contribution in [3.63, 3.8) is 0 Å². The van der Waals surface area contributed by atoms with Gasteiger partial charge >= 0.3 is 0 Å². The monoisotopic (exact) mass is 412 g/mol. The number of anilines is 1. The molecule has 0 atom stereocenters. The Hall–Kier alpha value is -1.41. The van der Waals surface area contributed by atoms with Crippen LogP contribution in [-0.4, -0.2) is 13.4 Å². The summed E-state index contributed by atoms with van der Waals surface area (Å²) in [6, 6.07) is 6.79. The Bertz CT molecular complexity index is 1030. The maximum atomic E-state index is 12.8. The summed E-state index contributed by atoms with van der Waals surface area (Å²) < 4.78 is 28.1. The SMILES string of the molecule is Cc1ccc(NS(=O)(=O)c2cc(-c3nc(C)c(C)s3)sc2C)cc1Cl. The number of nitrogens with one attached hydrogen (secondary N) is 1. The molecule has 25 heavy (non-hydrogen) atoms. The van der Waals surface area contributed by atoms with E-state index in [1.165, 1.54) is 11.3 Å². The van der Waals surface area contributed by atoms with Crippen molar-refractivity contribution in [2.45, 2.75) is 32.6 Å². The van der Waals surface area contributed by atoms with E-state index in [0.717, 1.165) is 30.9 Å². The molecule has 0 aliphatic rings. The second-order valence-corrected chi connectivity index (χ2v) is 10.3. The van der Waals surface area contributed by atoms with Gasteiger partial charge in [0.15, 0.2) is 0 Å². The molecule has 0 saturated carbocycles. The van der Waals surface area contributed by atoms with Gasteiger partial charge in [-0.05, 0) is 51.5 Å². The first kappa shape index (κ1) is 18.4. The van der Waals surface area contributed by atoms with Gasteiger partial charge in [0.2, 0.25) is 0 Å². The van der Waals surface area contributed by atoms with E-state index in [0.29, 0.717) is 10.7 Å². The molecule has 0 amide bonds. The van der Waals surface area contributed by atoms with E-state index in [4.69, 9.17) is 11.6 Å². The average Bonchev–Trinajstić information content (AvgIpc) is 3.07. The maximum Gasteiger partial charge on any atom is 0.263 e. The van der Waals surface area contributed by atoms with Crippen molar-refractivity contribution in [3.05, 3.63) is 50.3 Å². The molecule has 8 heteroatoms. The van der Waals surface area contributed by atoms with Crippen LogP contribution >= 0.6 is 34.3 Å². The fourth-order valence-electron chi connectivity index (χ4n) is 2.28. The molecule has 0 radical (unpaired) electrons. The Labute approximate surface area is 160 Å². The van der Waals surface area contributed by atoms with Crippen LogP contribution in [0.4, 0.5) is 5.69 Å². The van der Waals surface area contributed by atoms with E-state index in [2.05, 4.69) is 9.71 Å². The minimum atomic E-state index is -3.69. The second kappa shape index (κ2) is 6.72. The molecule has 132 valence electrons. The third-order valence-corrected chi connectivity index (χ3v) is 8.16. The van der Waals surface area contributed by atoms with Gasteiger partial charge in [0.05, 0.1) is 16.3 Å². The van der Waals surface area contributed by atoms with Gasteiger partial charge in [0, 0.05) is 14.8 Å². The molecule has 0 aliphatic heterocycles. The van der Waals surface area contributed by atoms with Crippen molar-refractivity contribution < 1.29 is 8.42 Å². The van der Waals surface area contributed by atoms with Gasteiger partial charge in [0.25, 0.3) is 10.0 Å². The third-order valence-electron chi connectivity index (χ3n) is 3.83. The lowest BCUT2D eigenvalue weighted by Crippen LogP contribution is -2.13. The number of hydrogen-bond donors (Lipinski definition) is 1. The number of thiophene rings is 1. The van der Waals surface area contributed by atoms with Crippen LogP contribution in [0.2, 0.25) is 5.02 Å². The molecule has 2 aromatic heterocycles. The molecule has 0 bridgehead atoms. The smallest absolute Gasteiger partial charge is 0.263 e. The van der Waals surface area contributed by atoms with Gasteiger partial charge in [-0.2, -0.15) is 0 Å². The van der Waals surface area contributed by atoms with Crippen molar-refractivity contribution >= 4 is 50.0 Å². The Morgan fingerprint density at radius 2 is 1.76 bits per heavy atom. The molecule has 3 aromatic rings. The minimum Gasteiger partial charge on any atom is -0.280 e. The van der Waals surface area contributed by atoms with Gasteiger partial charge in [-0.15, -0.1) is 22.7 Å². The van der Waals surface area contributed by atoms with Crippen LogP contribution in [0, 0.1) is 27.7 Å². The summed E-state index contributed by atoms with van der Waals surface area (Å²) in [7, 11) is -3.69. The number of benzene rings is 1. The fraction of sp³-hybridized carbons (Fsp3) is 0.235. The molecular weight excluding hydrogens is 396 g/mol. The van der Waals surface area contributed by atoms with Crippen LogP contribution in [0.5, 0.6) is 0 Å². The van der Waals surface area contributed by atoms with E-state index in [9.17, 15) is 8.42 Å². The zero-order valence-corrected chi connectivity index (χ0v) is 17.4. The summed E-state index contributed by atoms with van der Waals surface area (Å²) >= 11 is 9.09. The standard InChI is InChI=1S/C17H17ClN2O2S3/c1-9-5-6-13(7-14(9)18)20-25(21,22)16-8-15(23-12(16)4)17-19-10(2)11(3)24-17/h5-8,20H,1-4H3. The Morgan fingerprint density at radius 3 is 2.36 bits per heavy atom. The van der Waals surface area contributed by atoms with Crippen LogP contribution in [0.1, 0.15) is 21.0 Å². The molecule has 0 saturated heterocycles. The van der Waals surface area contributed by atoms with Crippen molar-refractivity contribution in [2.24, 2.45) is 0 Å².